The molecule has 3 N–H and O–H groups in total. The van der Waals surface area contributed by atoms with Crippen molar-refractivity contribution in [3.8, 4) is 11.5 Å². The number of amides is 1. The van der Waals surface area contributed by atoms with Gasteiger partial charge in [-0.05, 0) is 31.3 Å². The Morgan fingerprint density at radius 2 is 2.19 bits per heavy atom. The van der Waals surface area contributed by atoms with Crippen molar-refractivity contribution in [1.29, 1.82) is 0 Å². The van der Waals surface area contributed by atoms with E-state index in [4.69, 9.17) is 9.39 Å². The quantitative estimate of drug-likeness (QED) is 0.677. The summed E-state index contributed by atoms with van der Waals surface area (Å²) in [6.07, 6.45) is 2.12. The lowest BCUT2D eigenvalue weighted by atomic mass is 9.78. The number of carboxylic acid groups (broad SMARTS) is 1. The van der Waals surface area contributed by atoms with Crippen molar-refractivity contribution in [3.05, 3.63) is 41.0 Å². The molecule has 0 atom stereocenters. The summed E-state index contributed by atoms with van der Waals surface area (Å²) >= 11 is 0. The fourth-order valence-electron chi connectivity index (χ4n) is 3.27. The number of aromatic nitrogens is 2. The zero-order valence-corrected chi connectivity index (χ0v) is 14.6. The Morgan fingerprint density at radius 1 is 1.41 bits per heavy atom. The highest BCUT2D eigenvalue weighted by Gasteiger charge is 2.36. The number of imidazole rings is 1. The molecule has 1 fully saturated rings. The lowest BCUT2D eigenvalue weighted by Crippen LogP contribution is -2.56. The van der Waals surface area contributed by atoms with Crippen molar-refractivity contribution in [2.75, 3.05) is 13.1 Å². The van der Waals surface area contributed by atoms with E-state index in [1.165, 1.54) is 6.20 Å². The number of benzene rings is 1. The van der Waals surface area contributed by atoms with Crippen molar-refractivity contribution in [2.45, 2.75) is 25.8 Å². The highest BCUT2D eigenvalue weighted by Crippen LogP contribution is 2.37. The van der Waals surface area contributed by atoms with Gasteiger partial charge in [-0.15, -0.1) is 0 Å². The number of likely N-dealkylation sites (tertiary alicyclic amines) is 1. The van der Waals surface area contributed by atoms with Gasteiger partial charge in [0.25, 0.3) is 5.91 Å². The molecule has 0 aliphatic carbocycles. The third-order valence-electron chi connectivity index (χ3n) is 4.69. The number of carboxylic acids is 1. The summed E-state index contributed by atoms with van der Waals surface area (Å²) in [5, 5.41) is 19.3. The van der Waals surface area contributed by atoms with Crippen LogP contribution in [-0.2, 0) is 6.42 Å². The maximum absolute atomic E-state index is 12.3. The van der Waals surface area contributed by atoms with E-state index < -0.39 is 13.1 Å². The maximum Gasteiger partial charge on any atom is 0.522 e. The first-order chi connectivity index (χ1) is 12.9. The average Bonchev–Trinajstić information content (AvgIpc) is 3.02. The van der Waals surface area contributed by atoms with E-state index in [1.807, 2.05) is 0 Å². The average molecular weight is 371 g/mol. The van der Waals surface area contributed by atoms with Crippen LogP contribution in [0, 0.1) is 6.92 Å². The Morgan fingerprint density at radius 3 is 2.85 bits per heavy atom. The second kappa shape index (κ2) is 6.62. The van der Waals surface area contributed by atoms with Gasteiger partial charge in [-0.3, -0.25) is 4.79 Å². The molecule has 140 valence electrons. The van der Waals surface area contributed by atoms with Crippen LogP contribution in [0.5, 0.6) is 11.5 Å². The second-order valence-electron chi connectivity index (χ2n) is 6.68. The number of aromatic amines is 1. The highest BCUT2D eigenvalue weighted by molar-refractivity contribution is 6.44. The summed E-state index contributed by atoms with van der Waals surface area (Å²) in [4.78, 5) is 32.5. The van der Waals surface area contributed by atoms with Crippen LogP contribution in [0.4, 0.5) is 0 Å². The molecule has 2 aromatic rings. The molecule has 1 aromatic heterocycles. The molecule has 0 radical (unpaired) electrons. The highest BCUT2D eigenvalue weighted by atomic mass is 16.5. The number of aromatic carboxylic acids is 1. The number of ether oxygens (including phenoxy) is 1. The number of fused-ring (bicyclic) bond motifs is 1. The first-order valence-corrected chi connectivity index (χ1v) is 8.64. The molecule has 2 aliphatic rings. The summed E-state index contributed by atoms with van der Waals surface area (Å²) in [6.45, 7) is 2.45. The van der Waals surface area contributed by atoms with Gasteiger partial charge in [0.2, 0.25) is 0 Å². The third-order valence-corrected chi connectivity index (χ3v) is 4.69. The number of nitrogens with zero attached hydrogens (tertiary/aromatic N) is 2. The van der Waals surface area contributed by atoms with Gasteiger partial charge in [0.1, 0.15) is 34.7 Å². The predicted molar refractivity (Wildman–Crippen MR) is 94.2 cm³/mol. The zero-order valence-electron chi connectivity index (χ0n) is 14.6. The molecule has 2 aliphatic heterocycles. The SMILES string of the molecule is Cc1ncc(C(=O)N2CC(Oc3ccc4c(c3C(=O)O)OB(O)CC4)C2)[nH]1. The van der Waals surface area contributed by atoms with Gasteiger partial charge in [0, 0.05) is 0 Å². The number of nitrogens with one attached hydrogen (secondary N) is 1. The molecule has 1 saturated heterocycles. The minimum atomic E-state index is -1.18. The number of rotatable bonds is 4. The lowest BCUT2D eigenvalue weighted by molar-refractivity contribution is 0.0165. The number of aryl methyl sites for hydroxylation is 2. The molecule has 27 heavy (non-hydrogen) atoms. The molecule has 4 rings (SSSR count). The van der Waals surface area contributed by atoms with Crippen molar-refractivity contribution < 1.29 is 29.1 Å². The van der Waals surface area contributed by atoms with Crippen LogP contribution in [0.2, 0.25) is 6.32 Å². The number of carbonyl (C=O) groups excluding carboxylic acids is 1. The van der Waals surface area contributed by atoms with Gasteiger partial charge >= 0.3 is 13.1 Å². The van der Waals surface area contributed by atoms with Gasteiger partial charge in [-0.1, -0.05) is 6.07 Å². The Hall–Kier alpha value is -3.01. The molecule has 0 spiro atoms. The van der Waals surface area contributed by atoms with E-state index in [2.05, 4.69) is 9.97 Å². The number of carbonyl (C=O) groups is 2. The smallest absolute Gasteiger partial charge is 0.522 e. The predicted octanol–water partition coefficient (Wildman–Crippen LogP) is 0.735. The van der Waals surface area contributed by atoms with Crippen LogP contribution < -0.4 is 9.39 Å². The molecule has 9 nitrogen and oxygen atoms in total. The van der Waals surface area contributed by atoms with Crippen molar-refractivity contribution >= 4 is 19.0 Å². The Labute approximate surface area is 155 Å². The van der Waals surface area contributed by atoms with Gasteiger partial charge in [0.15, 0.2) is 0 Å². The fourth-order valence-corrected chi connectivity index (χ4v) is 3.27. The Kier molecular flexibility index (Phi) is 4.27. The van der Waals surface area contributed by atoms with E-state index in [1.54, 1.807) is 24.0 Å². The second-order valence-corrected chi connectivity index (χ2v) is 6.68. The minimum absolute atomic E-state index is 0.0970. The van der Waals surface area contributed by atoms with Crippen LogP contribution in [0.1, 0.15) is 32.2 Å². The number of H-pyrrole nitrogens is 1. The number of hydrogen-bond donors (Lipinski definition) is 3. The van der Waals surface area contributed by atoms with Gasteiger partial charge in [-0.25, -0.2) is 9.78 Å². The van der Waals surface area contributed by atoms with Crippen LogP contribution in [0.25, 0.3) is 0 Å². The summed E-state index contributed by atoms with van der Waals surface area (Å²) in [5.41, 5.74) is 1.04. The normalized spacial score (nSPS) is 16.4. The largest absolute Gasteiger partial charge is 0.535 e. The molecule has 0 bridgehead atoms. The molecule has 3 heterocycles. The van der Waals surface area contributed by atoms with E-state index in [-0.39, 0.29) is 29.1 Å². The molecule has 10 heteroatoms. The molecule has 0 saturated carbocycles. The Balaban J connectivity index is 1.47. The van der Waals surface area contributed by atoms with Crippen molar-refractivity contribution in [3.63, 3.8) is 0 Å². The summed E-state index contributed by atoms with van der Waals surface area (Å²) in [5.74, 6) is -0.375. The summed E-state index contributed by atoms with van der Waals surface area (Å²) in [7, 11) is -1.03. The fraction of sp³-hybridized carbons (Fsp3) is 0.353. The molecular weight excluding hydrogens is 353 g/mol. The van der Waals surface area contributed by atoms with Gasteiger partial charge < -0.3 is 29.4 Å². The van der Waals surface area contributed by atoms with Gasteiger partial charge in [0.05, 0.1) is 19.3 Å². The number of hydrogen-bond acceptors (Lipinski definition) is 6. The van der Waals surface area contributed by atoms with Crippen LogP contribution in [0.3, 0.4) is 0 Å². The van der Waals surface area contributed by atoms with Crippen LogP contribution >= 0.6 is 0 Å². The van der Waals surface area contributed by atoms with E-state index in [0.717, 1.165) is 5.56 Å². The van der Waals surface area contributed by atoms with Gasteiger partial charge in [-0.2, -0.15) is 0 Å². The van der Waals surface area contributed by atoms with E-state index >= 15 is 0 Å². The monoisotopic (exact) mass is 371 g/mol. The minimum Gasteiger partial charge on any atom is -0.535 e. The van der Waals surface area contributed by atoms with Crippen LogP contribution in [0.15, 0.2) is 18.3 Å². The van der Waals surface area contributed by atoms with E-state index in [9.17, 15) is 19.7 Å². The summed E-state index contributed by atoms with van der Waals surface area (Å²) in [6, 6.07) is 3.35. The molecular formula is C17H18BN3O6. The first-order valence-electron chi connectivity index (χ1n) is 8.64. The first kappa shape index (κ1) is 17.4. The molecule has 1 aromatic carbocycles. The topological polar surface area (TPSA) is 125 Å². The molecule has 0 unspecified atom stereocenters. The summed E-state index contributed by atoms with van der Waals surface area (Å²) < 4.78 is 11.1. The molecule has 1 amide bonds. The van der Waals surface area contributed by atoms with Crippen molar-refractivity contribution in [2.24, 2.45) is 0 Å². The third kappa shape index (κ3) is 3.23. The zero-order chi connectivity index (χ0) is 19.1. The standard InChI is InChI=1S/C17H18BN3O6/c1-9-19-6-12(20-9)16(22)21-7-11(8-21)26-13-3-2-10-4-5-18(25)27-15(10)14(13)17(23)24/h2-3,6,11,25H,4-5,7-8H2,1H3,(H,19,20)(H,23,24). The maximum atomic E-state index is 12.3. The van der Waals surface area contributed by atoms with E-state index in [0.29, 0.717) is 37.3 Å². The lowest BCUT2D eigenvalue weighted by Gasteiger charge is -2.39. The Bertz CT molecular complexity index is 908. The van der Waals surface area contributed by atoms with Crippen molar-refractivity contribution in [1.82, 2.24) is 14.9 Å². The van der Waals surface area contributed by atoms with Crippen LogP contribution in [-0.4, -0.2) is 63.2 Å².